The molecule has 0 atom stereocenters. The molecule has 1 aromatic heterocycles. The SMILES string of the molecule is CC1(C)C(=O)NC(=O)N(Cc2ncon2)C1=O. The fraction of sp³-hybridized carbons (Fsp3) is 0.444. The van der Waals surface area contributed by atoms with Gasteiger partial charge in [-0.05, 0) is 13.8 Å². The number of hydrogen-bond donors (Lipinski definition) is 1. The van der Waals surface area contributed by atoms with E-state index in [9.17, 15) is 14.4 Å². The standard InChI is InChI=1S/C9H10N4O4/c1-9(2)6(14)11-8(16)13(7(9)15)3-5-10-4-17-12-5/h4H,3H2,1-2H3,(H,11,14,16). The van der Waals surface area contributed by atoms with Crippen molar-refractivity contribution >= 4 is 17.8 Å². The van der Waals surface area contributed by atoms with Crippen LogP contribution >= 0.6 is 0 Å². The average Bonchev–Trinajstić information content (AvgIpc) is 2.75. The number of nitrogens with one attached hydrogen (secondary N) is 1. The molecule has 8 heteroatoms. The molecule has 17 heavy (non-hydrogen) atoms. The van der Waals surface area contributed by atoms with Crippen LogP contribution in [0.4, 0.5) is 4.79 Å². The summed E-state index contributed by atoms with van der Waals surface area (Å²) in [5.74, 6) is -1.01. The molecule has 0 aliphatic carbocycles. The highest BCUT2D eigenvalue weighted by Gasteiger charge is 2.47. The minimum Gasteiger partial charge on any atom is -0.343 e. The fourth-order valence-electron chi connectivity index (χ4n) is 1.39. The Hall–Kier alpha value is -2.25. The lowest BCUT2D eigenvalue weighted by Gasteiger charge is -2.33. The second-order valence-electron chi connectivity index (χ2n) is 4.12. The summed E-state index contributed by atoms with van der Waals surface area (Å²) in [6.07, 6.45) is 1.10. The summed E-state index contributed by atoms with van der Waals surface area (Å²) < 4.78 is 4.50. The van der Waals surface area contributed by atoms with Crippen molar-refractivity contribution in [2.45, 2.75) is 20.4 Å². The molecule has 1 saturated heterocycles. The van der Waals surface area contributed by atoms with Crippen LogP contribution in [0, 0.1) is 5.41 Å². The highest BCUT2D eigenvalue weighted by atomic mass is 16.5. The van der Waals surface area contributed by atoms with Gasteiger partial charge in [-0.3, -0.25) is 19.8 Å². The Labute approximate surface area is 96.0 Å². The van der Waals surface area contributed by atoms with Crippen molar-refractivity contribution < 1.29 is 18.9 Å². The molecule has 8 nitrogen and oxygen atoms in total. The highest BCUT2D eigenvalue weighted by molar-refractivity contribution is 6.18. The largest absolute Gasteiger partial charge is 0.343 e. The van der Waals surface area contributed by atoms with Crippen molar-refractivity contribution in [2.75, 3.05) is 0 Å². The van der Waals surface area contributed by atoms with E-state index in [2.05, 4.69) is 20.0 Å². The van der Waals surface area contributed by atoms with Crippen LogP contribution in [0.5, 0.6) is 0 Å². The molecule has 0 saturated carbocycles. The third-order valence-electron chi connectivity index (χ3n) is 2.52. The Balaban J connectivity index is 2.25. The van der Waals surface area contributed by atoms with E-state index >= 15 is 0 Å². The van der Waals surface area contributed by atoms with E-state index in [1.165, 1.54) is 13.8 Å². The van der Waals surface area contributed by atoms with Crippen molar-refractivity contribution in [2.24, 2.45) is 5.41 Å². The lowest BCUT2D eigenvalue weighted by Crippen LogP contribution is -2.61. The fourth-order valence-corrected chi connectivity index (χ4v) is 1.39. The van der Waals surface area contributed by atoms with Crippen LogP contribution in [0.15, 0.2) is 10.9 Å². The van der Waals surface area contributed by atoms with Gasteiger partial charge in [0.2, 0.25) is 18.2 Å². The Morgan fingerprint density at radius 1 is 1.41 bits per heavy atom. The first-order valence-corrected chi connectivity index (χ1v) is 4.85. The van der Waals surface area contributed by atoms with E-state index in [0.717, 1.165) is 11.3 Å². The zero-order chi connectivity index (χ0) is 12.6. The molecule has 2 rings (SSSR count). The Morgan fingerprint density at radius 3 is 2.71 bits per heavy atom. The molecular weight excluding hydrogens is 228 g/mol. The van der Waals surface area contributed by atoms with E-state index in [0.29, 0.717) is 0 Å². The first-order chi connectivity index (χ1) is 7.93. The molecule has 90 valence electrons. The van der Waals surface area contributed by atoms with Crippen LogP contribution in [0.25, 0.3) is 0 Å². The van der Waals surface area contributed by atoms with Gasteiger partial charge in [0.25, 0.3) is 0 Å². The third-order valence-corrected chi connectivity index (χ3v) is 2.52. The normalized spacial score (nSPS) is 19.4. The van der Waals surface area contributed by atoms with E-state index in [1.807, 2.05) is 0 Å². The molecule has 0 spiro atoms. The lowest BCUT2D eigenvalue weighted by molar-refractivity contribution is -0.149. The molecule has 1 N–H and O–H groups in total. The number of aromatic nitrogens is 2. The summed E-state index contributed by atoms with van der Waals surface area (Å²) in [4.78, 5) is 39.5. The van der Waals surface area contributed by atoms with Crippen molar-refractivity contribution in [3.05, 3.63) is 12.2 Å². The van der Waals surface area contributed by atoms with Crippen LogP contribution < -0.4 is 5.32 Å². The molecule has 0 bridgehead atoms. The average molecular weight is 238 g/mol. The number of urea groups is 1. The predicted molar refractivity (Wildman–Crippen MR) is 52.2 cm³/mol. The first-order valence-electron chi connectivity index (χ1n) is 4.85. The molecule has 1 aliphatic heterocycles. The maximum atomic E-state index is 12.0. The van der Waals surface area contributed by atoms with E-state index in [1.54, 1.807) is 0 Å². The highest BCUT2D eigenvalue weighted by Crippen LogP contribution is 2.24. The van der Waals surface area contributed by atoms with Crippen LogP contribution in [0.2, 0.25) is 0 Å². The van der Waals surface area contributed by atoms with Gasteiger partial charge < -0.3 is 4.52 Å². The number of nitrogens with zero attached hydrogens (tertiary/aromatic N) is 3. The predicted octanol–water partition coefficient (Wildman–Crippen LogP) is -0.326. The molecule has 0 unspecified atom stereocenters. The van der Waals surface area contributed by atoms with Crippen LogP contribution in [-0.2, 0) is 16.1 Å². The third kappa shape index (κ3) is 1.77. The number of amides is 4. The summed E-state index contributed by atoms with van der Waals surface area (Å²) in [6, 6.07) is -0.774. The number of imide groups is 2. The van der Waals surface area contributed by atoms with Gasteiger partial charge in [-0.1, -0.05) is 5.16 Å². The second kappa shape index (κ2) is 3.65. The maximum Gasteiger partial charge on any atom is 0.331 e. The van der Waals surface area contributed by atoms with E-state index < -0.39 is 23.3 Å². The van der Waals surface area contributed by atoms with Crippen LogP contribution in [-0.4, -0.2) is 32.9 Å². The minimum absolute atomic E-state index is 0.127. The molecule has 1 aliphatic rings. The van der Waals surface area contributed by atoms with Crippen molar-refractivity contribution in [1.29, 1.82) is 0 Å². The Kier molecular flexibility index (Phi) is 2.41. The minimum atomic E-state index is -1.28. The van der Waals surface area contributed by atoms with Gasteiger partial charge >= 0.3 is 6.03 Å². The summed E-state index contributed by atoms with van der Waals surface area (Å²) in [5.41, 5.74) is -1.28. The van der Waals surface area contributed by atoms with Gasteiger partial charge in [-0.2, -0.15) is 4.98 Å². The Morgan fingerprint density at radius 2 is 2.12 bits per heavy atom. The Bertz CT molecular complexity index is 479. The maximum absolute atomic E-state index is 12.0. The van der Waals surface area contributed by atoms with Gasteiger partial charge in [0.05, 0.1) is 6.54 Å². The van der Waals surface area contributed by atoms with Gasteiger partial charge in [0.1, 0.15) is 5.41 Å². The van der Waals surface area contributed by atoms with Crippen molar-refractivity contribution in [3.63, 3.8) is 0 Å². The molecule has 1 aromatic rings. The lowest BCUT2D eigenvalue weighted by atomic mass is 9.89. The van der Waals surface area contributed by atoms with Gasteiger partial charge in [0, 0.05) is 0 Å². The summed E-state index contributed by atoms with van der Waals surface area (Å²) >= 11 is 0. The molecule has 0 radical (unpaired) electrons. The number of carbonyl (C=O) groups excluding carboxylic acids is 3. The number of hydrogen-bond acceptors (Lipinski definition) is 6. The zero-order valence-electron chi connectivity index (χ0n) is 9.26. The monoisotopic (exact) mass is 238 g/mol. The summed E-state index contributed by atoms with van der Waals surface area (Å²) in [5, 5.41) is 5.60. The number of rotatable bonds is 2. The van der Waals surface area contributed by atoms with Crippen LogP contribution in [0.1, 0.15) is 19.7 Å². The number of carbonyl (C=O) groups is 3. The summed E-state index contributed by atoms with van der Waals surface area (Å²) in [6.45, 7) is 2.76. The second-order valence-corrected chi connectivity index (χ2v) is 4.12. The zero-order valence-corrected chi connectivity index (χ0v) is 9.26. The molecule has 1 fully saturated rings. The van der Waals surface area contributed by atoms with E-state index in [-0.39, 0.29) is 12.4 Å². The molecule has 4 amide bonds. The first kappa shape index (κ1) is 11.2. The topological polar surface area (TPSA) is 105 Å². The van der Waals surface area contributed by atoms with Crippen molar-refractivity contribution in [1.82, 2.24) is 20.4 Å². The smallest absolute Gasteiger partial charge is 0.331 e. The summed E-state index contributed by atoms with van der Waals surface area (Å²) in [7, 11) is 0. The van der Waals surface area contributed by atoms with Gasteiger partial charge in [0.15, 0.2) is 5.82 Å². The molecular formula is C9H10N4O4. The van der Waals surface area contributed by atoms with Crippen LogP contribution in [0.3, 0.4) is 0 Å². The quantitative estimate of drug-likeness (QED) is 0.707. The van der Waals surface area contributed by atoms with Gasteiger partial charge in [-0.15, -0.1) is 0 Å². The van der Waals surface area contributed by atoms with E-state index in [4.69, 9.17) is 0 Å². The number of barbiturate groups is 1. The molecule has 0 aromatic carbocycles. The van der Waals surface area contributed by atoms with Gasteiger partial charge in [-0.25, -0.2) is 4.79 Å². The molecule has 2 heterocycles. The van der Waals surface area contributed by atoms with Crippen molar-refractivity contribution in [3.8, 4) is 0 Å².